The molecule has 0 amide bonds. The van der Waals surface area contributed by atoms with Gasteiger partial charge in [0.1, 0.15) is 5.75 Å². The van der Waals surface area contributed by atoms with Gasteiger partial charge in [0.2, 0.25) is 0 Å². The molecule has 98 valence electrons. The van der Waals surface area contributed by atoms with Crippen LogP contribution < -0.4 is 10.1 Å². The van der Waals surface area contributed by atoms with E-state index in [1.807, 2.05) is 12.1 Å². The van der Waals surface area contributed by atoms with Crippen LogP contribution >= 0.6 is 11.8 Å². The lowest BCUT2D eigenvalue weighted by molar-refractivity contribution is 0.334. The van der Waals surface area contributed by atoms with E-state index in [0.717, 1.165) is 18.9 Å². The summed E-state index contributed by atoms with van der Waals surface area (Å²) in [6, 6.07) is 16.9. The van der Waals surface area contributed by atoms with Gasteiger partial charge >= 0.3 is 0 Å². The lowest BCUT2D eigenvalue weighted by atomic mass is 10.0. The van der Waals surface area contributed by atoms with Gasteiger partial charge < -0.3 is 10.1 Å². The third-order valence-electron chi connectivity index (χ3n) is 3.44. The molecule has 2 nitrogen and oxygen atoms in total. The van der Waals surface area contributed by atoms with E-state index >= 15 is 0 Å². The first-order chi connectivity index (χ1) is 9.36. The molecule has 1 heterocycles. The molecule has 1 aliphatic rings. The summed E-state index contributed by atoms with van der Waals surface area (Å²) >= 11 is 1.76. The van der Waals surface area contributed by atoms with Crippen molar-refractivity contribution in [3.05, 3.63) is 54.1 Å². The Bertz CT molecular complexity index is 553. The zero-order valence-electron chi connectivity index (χ0n) is 10.9. The molecule has 1 aliphatic heterocycles. The van der Waals surface area contributed by atoms with E-state index in [9.17, 15) is 0 Å². The predicted octanol–water partition coefficient (Wildman–Crippen LogP) is 4.00. The number of para-hydroxylation sites is 1. The highest BCUT2D eigenvalue weighted by Gasteiger charge is 2.22. The molecule has 0 saturated carbocycles. The van der Waals surface area contributed by atoms with E-state index in [0.29, 0.717) is 5.92 Å². The third kappa shape index (κ3) is 2.71. The maximum atomic E-state index is 5.69. The number of fused-ring (bicyclic) bond motifs is 1. The molecule has 0 bridgehead atoms. The summed E-state index contributed by atoms with van der Waals surface area (Å²) in [5, 5.41) is 3.49. The first kappa shape index (κ1) is 12.4. The molecule has 0 saturated heterocycles. The van der Waals surface area contributed by atoms with Crippen LogP contribution in [-0.4, -0.2) is 19.4 Å². The number of anilines is 1. The maximum absolute atomic E-state index is 5.69. The maximum Gasteiger partial charge on any atom is 0.122 e. The second-order valence-corrected chi connectivity index (χ2v) is 5.53. The van der Waals surface area contributed by atoms with Gasteiger partial charge in [-0.1, -0.05) is 18.2 Å². The van der Waals surface area contributed by atoms with Crippen molar-refractivity contribution < 1.29 is 4.74 Å². The van der Waals surface area contributed by atoms with Crippen molar-refractivity contribution in [2.45, 2.75) is 10.8 Å². The molecular weight excluding hydrogens is 254 g/mol. The Labute approximate surface area is 118 Å². The zero-order valence-corrected chi connectivity index (χ0v) is 11.7. The van der Waals surface area contributed by atoms with Gasteiger partial charge in [-0.15, -0.1) is 11.8 Å². The summed E-state index contributed by atoms with van der Waals surface area (Å²) in [5.41, 5.74) is 2.48. The van der Waals surface area contributed by atoms with Crippen molar-refractivity contribution >= 4 is 17.4 Å². The minimum Gasteiger partial charge on any atom is -0.493 e. The molecule has 0 fully saturated rings. The van der Waals surface area contributed by atoms with Crippen LogP contribution in [0.2, 0.25) is 0 Å². The highest BCUT2D eigenvalue weighted by Crippen LogP contribution is 2.33. The molecule has 2 aromatic rings. The Kier molecular flexibility index (Phi) is 3.65. The van der Waals surface area contributed by atoms with Crippen LogP contribution in [0.3, 0.4) is 0 Å². The smallest absolute Gasteiger partial charge is 0.122 e. The van der Waals surface area contributed by atoms with Crippen molar-refractivity contribution in [2.75, 3.05) is 24.7 Å². The number of hydrogen-bond donors (Lipinski definition) is 1. The van der Waals surface area contributed by atoms with Crippen LogP contribution in [0.5, 0.6) is 5.75 Å². The molecule has 0 spiro atoms. The molecule has 1 atom stereocenters. The zero-order chi connectivity index (χ0) is 13.1. The minimum atomic E-state index is 0.441. The van der Waals surface area contributed by atoms with Gasteiger partial charge in [0.25, 0.3) is 0 Å². The number of benzene rings is 2. The normalized spacial score (nSPS) is 16.8. The highest BCUT2D eigenvalue weighted by molar-refractivity contribution is 7.98. The fraction of sp³-hybridized carbons (Fsp3) is 0.250. The Balaban J connectivity index is 1.64. The van der Waals surface area contributed by atoms with Crippen molar-refractivity contribution in [3.63, 3.8) is 0 Å². The Hall–Kier alpha value is -1.61. The molecule has 1 N–H and O–H groups in total. The summed E-state index contributed by atoms with van der Waals surface area (Å²) in [6.07, 6.45) is 2.09. The van der Waals surface area contributed by atoms with Gasteiger partial charge in [-0.2, -0.15) is 0 Å². The molecule has 0 aromatic heterocycles. The van der Waals surface area contributed by atoms with Gasteiger partial charge in [0.15, 0.2) is 0 Å². The second kappa shape index (κ2) is 5.57. The van der Waals surface area contributed by atoms with Crippen molar-refractivity contribution in [3.8, 4) is 5.75 Å². The minimum absolute atomic E-state index is 0.441. The van der Waals surface area contributed by atoms with Crippen LogP contribution in [0.1, 0.15) is 11.5 Å². The van der Waals surface area contributed by atoms with Crippen LogP contribution in [-0.2, 0) is 0 Å². The van der Waals surface area contributed by atoms with Crippen molar-refractivity contribution in [1.82, 2.24) is 0 Å². The largest absolute Gasteiger partial charge is 0.493 e. The summed E-state index contributed by atoms with van der Waals surface area (Å²) in [7, 11) is 0. The lowest BCUT2D eigenvalue weighted by Gasteiger charge is -2.12. The fourth-order valence-electron chi connectivity index (χ4n) is 2.35. The number of ether oxygens (including phenoxy) is 1. The monoisotopic (exact) mass is 271 g/mol. The fourth-order valence-corrected chi connectivity index (χ4v) is 2.76. The van der Waals surface area contributed by atoms with Crippen LogP contribution in [0.25, 0.3) is 0 Å². The molecule has 3 heteroatoms. The van der Waals surface area contributed by atoms with Crippen LogP contribution in [0.15, 0.2) is 53.4 Å². The number of hydrogen-bond acceptors (Lipinski definition) is 3. The Morgan fingerprint density at radius 2 is 1.95 bits per heavy atom. The van der Waals surface area contributed by atoms with E-state index in [-0.39, 0.29) is 0 Å². The Morgan fingerprint density at radius 1 is 1.16 bits per heavy atom. The predicted molar refractivity (Wildman–Crippen MR) is 81.4 cm³/mol. The third-order valence-corrected chi connectivity index (χ3v) is 4.19. The average molecular weight is 271 g/mol. The van der Waals surface area contributed by atoms with E-state index in [2.05, 4.69) is 48.0 Å². The van der Waals surface area contributed by atoms with Crippen molar-refractivity contribution in [2.24, 2.45) is 0 Å². The van der Waals surface area contributed by atoms with Crippen LogP contribution in [0, 0.1) is 0 Å². The van der Waals surface area contributed by atoms with Gasteiger partial charge in [-0.05, 0) is 36.6 Å². The van der Waals surface area contributed by atoms with Gasteiger partial charge in [-0.3, -0.25) is 0 Å². The number of rotatable bonds is 4. The SMILES string of the molecule is CSc1ccc(NCC2COc3ccccc32)cc1. The summed E-state index contributed by atoms with van der Waals surface area (Å²) in [4.78, 5) is 1.29. The number of nitrogens with one attached hydrogen (secondary N) is 1. The lowest BCUT2D eigenvalue weighted by Crippen LogP contribution is -2.13. The summed E-state index contributed by atoms with van der Waals surface area (Å²) in [5.74, 6) is 1.48. The standard InChI is InChI=1S/C16H17NOS/c1-19-14-8-6-13(7-9-14)17-10-12-11-18-16-5-3-2-4-15(12)16/h2-9,12,17H,10-11H2,1H3. The van der Waals surface area contributed by atoms with E-state index in [1.165, 1.54) is 16.1 Å². The van der Waals surface area contributed by atoms with E-state index in [4.69, 9.17) is 4.74 Å². The summed E-state index contributed by atoms with van der Waals surface area (Å²) < 4.78 is 5.69. The number of thioether (sulfide) groups is 1. The molecule has 19 heavy (non-hydrogen) atoms. The second-order valence-electron chi connectivity index (χ2n) is 4.66. The first-order valence-electron chi connectivity index (χ1n) is 6.46. The van der Waals surface area contributed by atoms with E-state index < -0.39 is 0 Å². The molecule has 1 unspecified atom stereocenters. The van der Waals surface area contributed by atoms with Gasteiger partial charge in [-0.25, -0.2) is 0 Å². The van der Waals surface area contributed by atoms with Gasteiger partial charge in [0, 0.05) is 28.6 Å². The molecule has 0 radical (unpaired) electrons. The summed E-state index contributed by atoms with van der Waals surface area (Å²) in [6.45, 7) is 1.69. The van der Waals surface area contributed by atoms with Gasteiger partial charge in [0.05, 0.1) is 6.61 Å². The van der Waals surface area contributed by atoms with Crippen molar-refractivity contribution in [1.29, 1.82) is 0 Å². The highest BCUT2D eigenvalue weighted by atomic mass is 32.2. The van der Waals surface area contributed by atoms with E-state index in [1.54, 1.807) is 11.8 Å². The van der Waals surface area contributed by atoms with Crippen LogP contribution in [0.4, 0.5) is 5.69 Å². The molecule has 0 aliphatic carbocycles. The molecular formula is C16H17NOS. The topological polar surface area (TPSA) is 21.3 Å². The molecule has 2 aromatic carbocycles. The average Bonchev–Trinajstić information content (AvgIpc) is 2.89. The Morgan fingerprint density at radius 3 is 2.74 bits per heavy atom. The first-order valence-corrected chi connectivity index (χ1v) is 7.69. The quantitative estimate of drug-likeness (QED) is 0.849. The molecule has 3 rings (SSSR count).